The van der Waals surface area contributed by atoms with Crippen molar-refractivity contribution < 1.29 is 4.39 Å². The zero-order chi connectivity index (χ0) is 11.5. The van der Waals surface area contributed by atoms with Crippen LogP contribution in [0.1, 0.15) is 19.2 Å². The van der Waals surface area contributed by atoms with E-state index in [9.17, 15) is 4.39 Å². The molecule has 0 spiro atoms. The number of hydrogen-bond acceptors (Lipinski definition) is 3. The van der Waals surface area contributed by atoms with E-state index >= 15 is 0 Å². The van der Waals surface area contributed by atoms with Gasteiger partial charge in [-0.15, -0.1) is 5.10 Å². The van der Waals surface area contributed by atoms with Gasteiger partial charge in [0.2, 0.25) is 5.95 Å². The fourth-order valence-corrected chi connectivity index (χ4v) is 1.47. The van der Waals surface area contributed by atoms with Crippen LogP contribution in [0, 0.1) is 5.82 Å². The van der Waals surface area contributed by atoms with Gasteiger partial charge in [-0.3, -0.25) is 0 Å². The molecule has 0 bridgehead atoms. The summed E-state index contributed by atoms with van der Waals surface area (Å²) in [5, 5.41) is 4.26. The van der Waals surface area contributed by atoms with Crippen molar-refractivity contribution in [3.05, 3.63) is 35.9 Å². The average molecular weight is 220 g/mol. The van der Waals surface area contributed by atoms with Crippen molar-refractivity contribution >= 4 is 5.95 Å². The maximum Gasteiger partial charge on any atom is 0.223 e. The number of benzene rings is 1. The first-order valence-corrected chi connectivity index (χ1v) is 5.18. The van der Waals surface area contributed by atoms with Gasteiger partial charge < -0.3 is 5.73 Å². The maximum absolute atomic E-state index is 12.8. The molecule has 0 unspecified atom stereocenters. The fraction of sp³-hybridized carbons (Fsp3) is 0.273. The number of rotatable bonds is 3. The Morgan fingerprint density at radius 3 is 2.62 bits per heavy atom. The summed E-state index contributed by atoms with van der Waals surface area (Å²) in [5.41, 5.74) is 6.45. The van der Waals surface area contributed by atoms with E-state index in [-0.39, 0.29) is 5.82 Å². The Morgan fingerprint density at radius 1 is 1.31 bits per heavy atom. The van der Waals surface area contributed by atoms with Crippen LogP contribution >= 0.6 is 0 Å². The molecule has 0 aliphatic rings. The lowest BCUT2D eigenvalue weighted by atomic mass is 10.3. The van der Waals surface area contributed by atoms with E-state index < -0.39 is 0 Å². The van der Waals surface area contributed by atoms with Gasteiger partial charge in [-0.2, -0.15) is 9.67 Å². The molecular formula is C11H13FN4. The molecule has 0 saturated carbocycles. The summed E-state index contributed by atoms with van der Waals surface area (Å²) in [6, 6.07) is 5.98. The number of aryl methyl sites for hydroxylation is 1. The largest absolute Gasteiger partial charge is 0.368 e. The summed E-state index contributed by atoms with van der Waals surface area (Å²) < 4.78 is 14.3. The van der Waals surface area contributed by atoms with E-state index in [2.05, 4.69) is 17.0 Å². The van der Waals surface area contributed by atoms with Gasteiger partial charge in [-0.05, 0) is 30.7 Å². The molecule has 0 aliphatic carbocycles. The Hall–Kier alpha value is -1.91. The first kappa shape index (κ1) is 10.6. The van der Waals surface area contributed by atoms with Crippen LogP contribution in [0.4, 0.5) is 10.3 Å². The molecule has 84 valence electrons. The van der Waals surface area contributed by atoms with Crippen molar-refractivity contribution in [1.29, 1.82) is 0 Å². The van der Waals surface area contributed by atoms with E-state index in [4.69, 9.17) is 5.73 Å². The van der Waals surface area contributed by atoms with Crippen LogP contribution in [-0.2, 0) is 6.42 Å². The van der Waals surface area contributed by atoms with E-state index in [1.807, 2.05) is 0 Å². The topological polar surface area (TPSA) is 56.7 Å². The lowest BCUT2D eigenvalue weighted by Gasteiger charge is -2.01. The summed E-state index contributed by atoms with van der Waals surface area (Å²) in [4.78, 5) is 4.14. The minimum absolute atomic E-state index is 0.281. The maximum atomic E-state index is 12.8. The molecule has 0 amide bonds. The van der Waals surface area contributed by atoms with Crippen LogP contribution in [0.25, 0.3) is 5.69 Å². The molecule has 5 heteroatoms. The minimum Gasteiger partial charge on any atom is -0.368 e. The highest BCUT2D eigenvalue weighted by Crippen LogP contribution is 2.12. The smallest absolute Gasteiger partial charge is 0.223 e. The molecule has 0 fully saturated rings. The normalized spacial score (nSPS) is 10.6. The van der Waals surface area contributed by atoms with Crippen LogP contribution in [0.2, 0.25) is 0 Å². The second-order valence-corrected chi connectivity index (χ2v) is 3.52. The van der Waals surface area contributed by atoms with Crippen molar-refractivity contribution in [3.8, 4) is 5.69 Å². The molecule has 4 nitrogen and oxygen atoms in total. The quantitative estimate of drug-likeness (QED) is 0.860. The van der Waals surface area contributed by atoms with Gasteiger partial charge in [0.05, 0.1) is 5.69 Å². The molecule has 1 heterocycles. The van der Waals surface area contributed by atoms with E-state index in [1.54, 1.807) is 12.1 Å². The third kappa shape index (κ3) is 2.03. The SMILES string of the molecule is CCCc1nc(N)n(-c2ccc(F)cc2)n1. The molecule has 1 aromatic heterocycles. The van der Waals surface area contributed by atoms with Gasteiger partial charge in [-0.25, -0.2) is 4.39 Å². The number of hydrogen-bond donors (Lipinski definition) is 1. The second kappa shape index (κ2) is 4.30. The Bertz CT molecular complexity index is 475. The predicted octanol–water partition coefficient (Wildman–Crippen LogP) is 1.94. The predicted molar refractivity (Wildman–Crippen MR) is 59.7 cm³/mol. The number of nitrogens with two attached hydrogens (primary N) is 1. The van der Waals surface area contributed by atoms with Gasteiger partial charge in [-0.1, -0.05) is 6.92 Å². The molecule has 1 aromatic carbocycles. The van der Waals surface area contributed by atoms with Crippen molar-refractivity contribution in [2.75, 3.05) is 5.73 Å². The molecule has 0 radical (unpaired) electrons. The van der Waals surface area contributed by atoms with E-state index in [0.717, 1.165) is 12.8 Å². The summed E-state index contributed by atoms with van der Waals surface area (Å²) in [6.07, 6.45) is 1.76. The van der Waals surface area contributed by atoms with Crippen molar-refractivity contribution in [3.63, 3.8) is 0 Å². The molecule has 0 aliphatic heterocycles. The molecule has 2 rings (SSSR count). The monoisotopic (exact) mass is 220 g/mol. The first-order chi connectivity index (χ1) is 7.70. The summed E-state index contributed by atoms with van der Waals surface area (Å²) in [6.45, 7) is 2.05. The van der Waals surface area contributed by atoms with Crippen LogP contribution in [0.15, 0.2) is 24.3 Å². The van der Waals surface area contributed by atoms with Gasteiger partial charge in [0.25, 0.3) is 0 Å². The Labute approximate surface area is 92.9 Å². The zero-order valence-corrected chi connectivity index (χ0v) is 9.02. The van der Waals surface area contributed by atoms with Crippen molar-refractivity contribution in [2.24, 2.45) is 0 Å². The standard InChI is InChI=1S/C11H13FN4/c1-2-3-10-14-11(13)16(15-10)9-6-4-8(12)5-7-9/h4-7H,2-3H2,1H3,(H2,13,14,15). The Kier molecular flexibility index (Phi) is 2.85. The van der Waals surface area contributed by atoms with Gasteiger partial charge >= 0.3 is 0 Å². The summed E-state index contributed by atoms with van der Waals surface area (Å²) in [7, 11) is 0. The van der Waals surface area contributed by atoms with Crippen molar-refractivity contribution in [1.82, 2.24) is 14.8 Å². The average Bonchev–Trinajstić information content (AvgIpc) is 2.61. The third-order valence-corrected chi connectivity index (χ3v) is 2.22. The highest BCUT2D eigenvalue weighted by atomic mass is 19.1. The number of aromatic nitrogens is 3. The minimum atomic E-state index is -0.281. The van der Waals surface area contributed by atoms with Gasteiger partial charge in [0.1, 0.15) is 5.82 Å². The van der Waals surface area contributed by atoms with E-state index in [1.165, 1.54) is 16.8 Å². The van der Waals surface area contributed by atoms with E-state index in [0.29, 0.717) is 17.5 Å². The number of nitrogen functional groups attached to an aromatic ring is 1. The fourth-order valence-electron chi connectivity index (χ4n) is 1.47. The number of halogens is 1. The highest BCUT2D eigenvalue weighted by Gasteiger charge is 2.07. The second-order valence-electron chi connectivity index (χ2n) is 3.52. The van der Waals surface area contributed by atoms with Gasteiger partial charge in [0, 0.05) is 6.42 Å². The lowest BCUT2D eigenvalue weighted by Crippen LogP contribution is -2.02. The van der Waals surface area contributed by atoms with Crippen LogP contribution in [0.5, 0.6) is 0 Å². The molecular weight excluding hydrogens is 207 g/mol. The van der Waals surface area contributed by atoms with Crippen LogP contribution in [0.3, 0.4) is 0 Å². The van der Waals surface area contributed by atoms with Crippen LogP contribution < -0.4 is 5.73 Å². The molecule has 2 aromatic rings. The zero-order valence-electron chi connectivity index (χ0n) is 9.02. The first-order valence-electron chi connectivity index (χ1n) is 5.18. The highest BCUT2D eigenvalue weighted by molar-refractivity contribution is 5.37. The Morgan fingerprint density at radius 2 is 2.00 bits per heavy atom. The molecule has 0 atom stereocenters. The number of anilines is 1. The number of nitrogens with zero attached hydrogens (tertiary/aromatic N) is 3. The third-order valence-electron chi connectivity index (χ3n) is 2.22. The van der Waals surface area contributed by atoms with Crippen LogP contribution in [-0.4, -0.2) is 14.8 Å². The molecule has 2 N–H and O–H groups in total. The Balaban J connectivity index is 2.36. The van der Waals surface area contributed by atoms with Crippen molar-refractivity contribution in [2.45, 2.75) is 19.8 Å². The summed E-state index contributed by atoms with van der Waals surface area (Å²) >= 11 is 0. The summed E-state index contributed by atoms with van der Waals surface area (Å²) in [5.74, 6) is 0.760. The lowest BCUT2D eigenvalue weighted by molar-refractivity contribution is 0.627. The van der Waals surface area contributed by atoms with Gasteiger partial charge in [0.15, 0.2) is 5.82 Å². The molecule has 0 saturated heterocycles. The molecule has 16 heavy (non-hydrogen) atoms.